The van der Waals surface area contributed by atoms with Gasteiger partial charge in [0.25, 0.3) is 0 Å². The molecular weight excluding hydrogens is 230 g/mol. The van der Waals surface area contributed by atoms with Crippen molar-refractivity contribution >= 4 is 11.0 Å². The lowest BCUT2D eigenvalue weighted by Crippen LogP contribution is -2.05. The molecule has 0 amide bonds. The van der Waals surface area contributed by atoms with E-state index in [0.29, 0.717) is 25.4 Å². The number of nitrogens with zero attached hydrogens (tertiary/aromatic N) is 3. The minimum Gasteiger partial charge on any atom is -0.382 e. The number of hydrogen-bond acceptors (Lipinski definition) is 4. The molecule has 2 rings (SSSR count). The van der Waals surface area contributed by atoms with Crippen LogP contribution in [0.2, 0.25) is 0 Å². The number of methoxy groups -OCH3 is 1. The van der Waals surface area contributed by atoms with Crippen LogP contribution in [0.5, 0.6) is 0 Å². The molecule has 5 nitrogen and oxygen atoms in total. The predicted octanol–water partition coefficient (Wildman–Crippen LogP) is 1.61. The van der Waals surface area contributed by atoms with Gasteiger partial charge in [0.1, 0.15) is 24.0 Å². The molecule has 0 spiro atoms. The molecule has 0 bridgehead atoms. The zero-order valence-electron chi connectivity index (χ0n) is 10.5. The van der Waals surface area contributed by atoms with Crippen molar-refractivity contribution in [3.63, 3.8) is 0 Å². The first-order valence-corrected chi connectivity index (χ1v) is 5.69. The molecule has 0 aliphatic rings. The van der Waals surface area contributed by atoms with Crippen LogP contribution in [0.15, 0.2) is 18.2 Å². The molecule has 0 fully saturated rings. The van der Waals surface area contributed by atoms with Crippen LogP contribution in [0.3, 0.4) is 0 Å². The number of aromatic nitrogens is 2. The van der Waals surface area contributed by atoms with E-state index in [1.165, 1.54) is 0 Å². The van der Waals surface area contributed by atoms with Gasteiger partial charge < -0.3 is 14.0 Å². The third kappa shape index (κ3) is 2.35. The van der Waals surface area contributed by atoms with E-state index in [-0.39, 0.29) is 0 Å². The van der Waals surface area contributed by atoms with E-state index in [0.717, 1.165) is 16.9 Å². The number of nitriles is 1. The summed E-state index contributed by atoms with van der Waals surface area (Å²) in [5, 5.41) is 9.03. The normalized spacial score (nSPS) is 10.7. The van der Waals surface area contributed by atoms with Crippen LogP contribution in [0.4, 0.5) is 0 Å². The van der Waals surface area contributed by atoms with E-state index in [4.69, 9.17) is 14.7 Å². The number of aryl methyl sites for hydroxylation is 1. The molecule has 0 unspecified atom stereocenters. The van der Waals surface area contributed by atoms with Gasteiger partial charge in [-0.2, -0.15) is 5.26 Å². The van der Waals surface area contributed by atoms with E-state index < -0.39 is 0 Å². The predicted molar refractivity (Wildman–Crippen MR) is 67.0 cm³/mol. The highest BCUT2D eigenvalue weighted by Gasteiger charge is 2.10. The molecule has 2 aromatic rings. The van der Waals surface area contributed by atoms with Gasteiger partial charge in [0.2, 0.25) is 0 Å². The van der Waals surface area contributed by atoms with Gasteiger partial charge in [-0.25, -0.2) is 4.98 Å². The molecule has 1 heterocycles. The highest BCUT2D eigenvalue weighted by molar-refractivity contribution is 5.82. The molecule has 5 heteroatoms. The van der Waals surface area contributed by atoms with E-state index in [1.54, 1.807) is 13.2 Å². The van der Waals surface area contributed by atoms with Gasteiger partial charge in [-0.05, 0) is 12.1 Å². The number of para-hydroxylation sites is 1. The quantitative estimate of drug-likeness (QED) is 0.751. The molecule has 1 aromatic heterocycles. The molecule has 0 aliphatic carbocycles. The summed E-state index contributed by atoms with van der Waals surface area (Å²) in [5.41, 5.74) is 2.26. The van der Waals surface area contributed by atoms with Crippen molar-refractivity contribution in [1.29, 1.82) is 5.26 Å². The van der Waals surface area contributed by atoms with E-state index in [2.05, 4.69) is 11.1 Å². The van der Waals surface area contributed by atoms with Crippen molar-refractivity contribution in [2.75, 3.05) is 20.3 Å². The van der Waals surface area contributed by atoms with Crippen LogP contribution in [0.1, 0.15) is 11.4 Å². The van der Waals surface area contributed by atoms with Gasteiger partial charge in [-0.15, -0.1) is 0 Å². The van der Waals surface area contributed by atoms with Crippen LogP contribution in [-0.4, -0.2) is 29.9 Å². The number of imidazole rings is 1. The maximum absolute atomic E-state index is 9.03. The Bertz CT molecular complexity index is 584. The van der Waals surface area contributed by atoms with Gasteiger partial charge in [0, 0.05) is 14.2 Å². The number of hydrogen-bond donors (Lipinski definition) is 0. The summed E-state index contributed by atoms with van der Waals surface area (Å²) in [7, 11) is 3.56. The Labute approximate surface area is 106 Å². The van der Waals surface area contributed by atoms with Crippen LogP contribution in [0, 0.1) is 11.3 Å². The molecule has 1 aromatic carbocycles. The fourth-order valence-electron chi connectivity index (χ4n) is 1.79. The minimum atomic E-state index is 0.416. The molecule has 0 saturated carbocycles. The molecule has 94 valence electrons. The van der Waals surface area contributed by atoms with Crippen molar-refractivity contribution in [3.05, 3.63) is 29.6 Å². The number of benzene rings is 1. The van der Waals surface area contributed by atoms with E-state index >= 15 is 0 Å². The third-order valence-corrected chi connectivity index (χ3v) is 2.79. The molecule has 0 radical (unpaired) electrons. The van der Waals surface area contributed by atoms with Crippen LogP contribution in [0.25, 0.3) is 11.0 Å². The fourth-order valence-corrected chi connectivity index (χ4v) is 1.79. The summed E-state index contributed by atoms with van der Waals surface area (Å²) in [6.07, 6.45) is 0. The molecular formula is C13H15N3O2. The number of rotatable bonds is 5. The fraction of sp³-hybridized carbons (Fsp3) is 0.385. The summed E-state index contributed by atoms with van der Waals surface area (Å²) < 4.78 is 12.3. The molecule has 0 N–H and O–H groups in total. The molecule has 0 saturated heterocycles. The van der Waals surface area contributed by atoms with E-state index in [9.17, 15) is 0 Å². The van der Waals surface area contributed by atoms with Crippen molar-refractivity contribution in [2.24, 2.45) is 7.05 Å². The zero-order chi connectivity index (χ0) is 13.0. The Kier molecular flexibility index (Phi) is 3.92. The monoisotopic (exact) mass is 245 g/mol. The van der Waals surface area contributed by atoms with Gasteiger partial charge >= 0.3 is 0 Å². The average Bonchev–Trinajstić information content (AvgIpc) is 2.72. The Balaban J connectivity index is 2.25. The Hall–Kier alpha value is -1.90. The maximum atomic E-state index is 9.03. The smallest absolute Gasteiger partial charge is 0.135 e. The van der Waals surface area contributed by atoms with Crippen molar-refractivity contribution in [3.8, 4) is 6.07 Å². The van der Waals surface area contributed by atoms with Gasteiger partial charge in [-0.1, -0.05) is 6.07 Å². The Morgan fingerprint density at radius 3 is 2.94 bits per heavy atom. The summed E-state index contributed by atoms with van der Waals surface area (Å²) in [5.74, 6) is 0.809. The van der Waals surface area contributed by atoms with Crippen molar-refractivity contribution in [1.82, 2.24) is 9.55 Å². The van der Waals surface area contributed by atoms with Crippen LogP contribution in [-0.2, 0) is 23.1 Å². The summed E-state index contributed by atoms with van der Waals surface area (Å²) in [4.78, 5) is 4.46. The lowest BCUT2D eigenvalue weighted by atomic mass is 10.2. The molecule has 0 atom stereocenters. The van der Waals surface area contributed by atoms with Gasteiger partial charge in [0.05, 0.1) is 24.3 Å². The first-order chi connectivity index (χ1) is 8.77. The minimum absolute atomic E-state index is 0.416. The highest BCUT2D eigenvalue weighted by Crippen LogP contribution is 2.18. The second-order valence-electron chi connectivity index (χ2n) is 3.92. The lowest BCUT2D eigenvalue weighted by molar-refractivity contribution is 0.0578. The van der Waals surface area contributed by atoms with Gasteiger partial charge in [-0.3, -0.25) is 0 Å². The number of fused-ring (bicyclic) bond motifs is 1. The van der Waals surface area contributed by atoms with Crippen LogP contribution < -0.4 is 0 Å². The Morgan fingerprint density at radius 2 is 2.22 bits per heavy atom. The first-order valence-electron chi connectivity index (χ1n) is 5.69. The van der Waals surface area contributed by atoms with Crippen molar-refractivity contribution < 1.29 is 9.47 Å². The summed E-state index contributed by atoms with van der Waals surface area (Å²) in [6, 6.07) is 7.72. The zero-order valence-corrected chi connectivity index (χ0v) is 10.5. The van der Waals surface area contributed by atoms with Crippen LogP contribution >= 0.6 is 0 Å². The molecule has 18 heavy (non-hydrogen) atoms. The maximum Gasteiger partial charge on any atom is 0.135 e. The van der Waals surface area contributed by atoms with Gasteiger partial charge in [0.15, 0.2) is 0 Å². The third-order valence-electron chi connectivity index (χ3n) is 2.79. The standard InChI is InChI=1S/C13H15N3O2/c1-16-11-5-3-4-10(8-14)13(11)15-12(16)9-18-7-6-17-2/h3-5H,6-7,9H2,1-2H3. The Morgan fingerprint density at radius 1 is 1.39 bits per heavy atom. The summed E-state index contributed by atoms with van der Waals surface area (Å²) in [6.45, 7) is 1.51. The second-order valence-corrected chi connectivity index (χ2v) is 3.92. The lowest BCUT2D eigenvalue weighted by Gasteiger charge is -2.03. The summed E-state index contributed by atoms with van der Waals surface area (Å²) >= 11 is 0. The molecule has 0 aliphatic heterocycles. The van der Waals surface area contributed by atoms with Crippen molar-refractivity contribution in [2.45, 2.75) is 6.61 Å². The first kappa shape index (κ1) is 12.6. The number of ether oxygens (including phenoxy) is 2. The highest BCUT2D eigenvalue weighted by atomic mass is 16.5. The average molecular weight is 245 g/mol. The SMILES string of the molecule is COCCOCc1nc2c(C#N)cccc2n1C. The largest absolute Gasteiger partial charge is 0.382 e. The second kappa shape index (κ2) is 5.63. The van der Waals surface area contributed by atoms with E-state index in [1.807, 2.05) is 23.7 Å². The topological polar surface area (TPSA) is 60.1 Å².